The van der Waals surface area contributed by atoms with Crippen molar-refractivity contribution in [2.45, 2.75) is 0 Å². The Labute approximate surface area is 227 Å². The summed E-state index contributed by atoms with van der Waals surface area (Å²) in [4.78, 5) is 0. The normalized spacial score (nSPS) is 11.8. The van der Waals surface area contributed by atoms with Crippen LogP contribution in [0.25, 0.3) is 18.2 Å². The molecule has 0 unspecified atom stereocenters. The molecule has 0 heterocycles. The summed E-state index contributed by atoms with van der Waals surface area (Å²) in [5, 5.41) is 1.92. The summed E-state index contributed by atoms with van der Waals surface area (Å²) in [6, 6.07) is 26.3. The van der Waals surface area contributed by atoms with E-state index in [-0.39, 0.29) is 17.4 Å². The fourth-order valence-electron chi connectivity index (χ4n) is 2.18. The first kappa shape index (κ1) is 34.1. The van der Waals surface area contributed by atoms with Crippen molar-refractivity contribution in [1.82, 2.24) is 0 Å². The maximum absolute atomic E-state index is 10.2. The second-order valence-electron chi connectivity index (χ2n) is 6.62. The van der Waals surface area contributed by atoms with E-state index >= 15 is 0 Å². The molecule has 3 rings (SSSR count). The zero-order valence-corrected chi connectivity index (χ0v) is 22.7. The molecule has 0 atom stereocenters. The van der Waals surface area contributed by atoms with Gasteiger partial charge in [0.25, 0.3) is 0 Å². The summed E-state index contributed by atoms with van der Waals surface area (Å²) < 4.78 is 91.5. The van der Waals surface area contributed by atoms with Crippen molar-refractivity contribution >= 4 is 48.6 Å². The first-order valence-electron chi connectivity index (χ1n) is 9.81. The van der Waals surface area contributed by atoms with Crippen LogP contribution in [-0.4, -0.2) is 38.9 Å². The van der Waals surface area contributed by atoms with Gasteiger partial charge in [-0.3, -0.25) is 0 Å². The molecule has 195 valence electrons. The van der Waals surface area contributed by atoms with Crippen LogP contribution in [0, 0.1) is 0 Å². The first-order chi connectivity index (χ1) is 16.7. The van der Waals surface area contributed by atoms with E-state index in [0.717, 1.165) is 0 Å². The van der Waals surface area contributed by atoms with Crippen LogP contribution >= 0.6 is 0 Å². The molecule has 0 saturated heterocycles. The Morgan fingerprint density at radius 1 is 0.405 bits per heavy atom. The Balaban J connectivity index is 0.000000518. The summed E-state index contributed by atoms with van der Waals surface area (Å²) in [7, 11) is -12.8. The van der Waals surface area contributed by atoms with E-state index in [0.29, 0.717) is 32.9 Å². The van der Waals surface area contributed by atoms with Crippen molar-refractivity contribution in [3.05, 3.63) is 124 Å². The van der Waals surface area contributed by atoms with Gasteiger partial charge in [0, 0.05) is 16.2 Å². The number of rotatable bonds is 6. The molecular weight excluding hydrogens is 580 g/mol. The molecule has 9 nitrogen and oxygen atoms in total. The molecule has 0 aliphatic heterocycles. The molecule has 0 aromatic heterocycles. The largest absolute Gasteiger partial charge is 3.00 e. The van der Waals surface area contributed by atoms with Gasteiger partial charge in [0.05, 0.1) is 0 Å². The Kier molecular flexibility index (Phi) is 15.5. The predicted octanol–water partition coefficient (Wildman–Crippen LogP) is 3.61. The van der Waals surface area contributed by atoms with Gasteiger partial charge in [-0.25, -0.2) is 25.3 Å². The van der Waals surface area contributed by atoms with Gasteiger partial charge < -0.3 is 13.7 Å². The summed E-state index contributed by atoms with van der Waals surface area (Å²) in [5.41, 5.74) is 2.07. The van der Waals surface area contributed by atoms with Gasteiger partial charge in [-0.1, -0.05) is 91.0 Å². The van der Waals surface area contributed by atoms with Crippen LogP contribution in [0.2, 0.25) is 0 Å². The van der Waals surface area contributed by atoms with Crippen molar-refractivity contribution in [2.75, 3.05) is 0 Å². The second-order valence-corrected chi connectivity index (χ2v) is 10.4. The van der Waals surface area contributed by atoms with E-state index in [4.69, 9.17) is 0 Å². The standard InChI is InChI=1S/3C8H8O3S.Cr/c3*9-12(10,11)7-6-8-4-2-1-3-5-8;/h3*1-7H,(H,9,10,11);/q;;;+3/p-3. The molecule has 0 bridgehead atoms. The molecule has 0 amide bonds. The zero-order chi connectivity index (χ0) is 27.1. The average molecular weight is 602 g/mol. The molecule has 0 aliphatic rings. The van der Waals surface area contributed by atoms with Gasteiger partial charge in [0.1, 0.15) is 30.4 Å². The van der Waals surface area contributed by atoms with Crippen LogP contribution < -0.4 is 0 Å². The van der Waals surface area contributed by atoms with Gasteiger partial charge in [-0.05, 0) is 34.9 Å². The van der Waals surface area contributed by atoms with Crippen molar-refractivity contribution in [3.63, 3.8) is 0 Å². The molecule has 0 saturated carbocycles. The number of benzene rings is 3. The van der Waals surface area contributed by atoms with Gasteiger partial charge in [-0.2, -0.15) is 0 Å². The minimum atomic E-state index is -4.25. The number of hydrogen-bond donors (Lipinski definition) is 0. The smallest absolute Gasteiger partial charge is 0.744 e. The summed E-state index contributed by atoms with van der Waals surface area (Å²) >= 11 is 0. The predicted molar refractivity (Wildman–Crippen MR) is 136 cm³/mol. The molecular formula is C24H21CrO9S3. The van der Waals surface area contributed by atoms with Gasteiger partial charge in [0.2, 0.25) is 0 Å². The maximum atomic E-state index is 10.2. The van der Waals surface area contributed by atoms with Gasteiger partial charge in [0.15, 0.2) is 0 Å². The van der Waals surface area contributed by atoms with Gasteiger partial charge >= 0.3 is 17.4 Å². The molecule has 0 spiro atoms. The minimum Gasteiger partial charge on any atom is -0.744 e. The van der Waals surface area contributed by atoms with E-state index in [1.807, 2.05) is 18.2 Å². The summed E-state index contributed by atoms with van der Waals surface area (Å²) in [5.74, 6) is 0. The second kappa shape index (κ2) is 16.8. The van der Waals surface area contributed by atoms with Crippen LogP contribution in [0.4, 0.5) is 0 Å². The maximum Gasteiger partial charge on any atom is 3.00 e. The van der Waals surface area contributed by atoms with Crippen LogP contribution in [0.3, 0.4) is 0 Å². The Morgan fingerprint density at radius 2 is 0.595 bits per heavy atom. The third-order valence-electron chi connectivity index (χ3n) is 3.68. The monoisotopic (exact) mass is 601 g/mol. The average Bonchev–Trinajstić information content (AvgIpc) is 2.82. The zero-order valence-electron chi connectivity index (χ0n) is 18.9. The first-order valence-corrected chi connectivity index (χ1v) is 14.2. The van der Waals surface area contributed by atoms with E-state index in [1.54, 1.807) is 72.8 Å². The topological polar surface area (TPSA) is 172 Å². The van der Waals surface area contributed by atoms with Crippen LogP contribution in [0.1, 0.15) is 16.7 Å². The fraction of sp³-hybridized carbons (Fsp3) is 0. The van der Waals surface area contributed by atoms with Gasteiger partial charge in [-0.15, -0.1) is 0 Å². The van der Waals surface area contributed by atoms with E-state index in [1.165, 1.54) is 18.2 Å². The van der Waals surface area contributed by atoms with Crippen molar-refractivity contribution in [1.29, 1.82) is 0 Å². The van der Waals surface area contributed by atoms with Crippen LogP contribution in [0.5, 0.6) is 0 Å². The molecule has 3 aromatic rings. The molecule has 0 fully saturated rings. The van der Waals surface area contributed by atoms with Crippen molar-refractivity contribution in [3.8, 4) is 0 Å². The molecule has 37 heavy (non-hydrogen) atoms. The molecule has 0 N–H and O–H groups in total. The quantitative estimate of drug-likeness (QED) is 0.383. The van der Waals surface area contributed by atoms with Crippen molar-refractivity contribution < 1.29 is 56.3 Å². The molecule has 1 radical (unpaired) electrons. The fourth-order valence-corrected chi connectivity index (χ4v) is 3.15. The van der Waals surface area contributed by atoms with Crippen LogP contribution in [0.15, 0.2) is 107 Å². The Morgan fingerprint density at radius 3 is 0.757 bits per heavy atom. The third kappa shape index (κ3) is 21.0. The van der Waals surface area contributed by atoms with Crippen LogP contribution in [-0.2, 0) is 47.7 Å². The minimum absolute atomic E-state index is 0. The summed E-state index contributed by atoms with van der Waals surface area (Å²) in [6.07, 6.45) is 3.80. The molecule has 0 aliphatic carbocycles. The Bertz CT molecular complexity index is 1280. The van der Waals surface area contributed by atoms with E-state index in [9.17, 15) is 38.9 Å². The third-order valence-corrected chi connectivity index (χ3v) is 5.09. The van der Waals surface area contributed by atoms with Crippen molar-refractivity contribution in [2.24, 2.45) is 0 Å². The molecule has 3 aromatic carbocycles. The molecule has 13 heteroatoms. The summed E-state index contributed by atoms with van der Waals surface area (Å²) in [6.45, 7) is 0. The van der Waals surface area contributed by atoms with E-state index in [2.05, 4.69) is 0 Å². The number of hydrogen-bond acceptors (Lipinski definition) is 9. The van der Waals surface area contributed by atoms with E-state index < -0.39 is 30.4 Å². The SMILES string of the molecule is O=S(=O)([O-])C=Cc1ccccc1.O=S(=O)([O-])C=Cc1ccccc1.O=S(=O)([O-])C=Cc1ccccc1.[Cr+3]. The Hall–Kier alpha value is -2.86.